The molecule has 0 amide bonds. The lowest BCUT2D eigenvalue weighted by atomic mass is 9.77. The Kier molecular flexibility index (Phi) is 10.0. The molecule has 0 aromatic heterocycles. The van der Waals surface area contributed by atoms with Gasteiger partial charge in [-0.3, -0.25) is 0 Å². The molecular weight excluding hydrogens is 447 g/mol. The molecule has 0 unspecified atom stereocenters. The van der Waals surface area contributed by atoms with Crippen molar-refractivity contribution < 1.29 is 13.9 Å². The monoisotopic (exact) mass is 492 g/mol. The SMILES string of the molecule is CCCCCC1CCC(OC(=O)c2ccc(-c3ccc([C@H]4CC[C@H](CCC)CC4)cc3F)cc2)CC1. The third-order valence-corrected chi connectivity index (χ3v) is 8.72. The van der Waals surface area contributed by atoms with E-state index in [1.807, 2.05) is 18.2 Å². The summed E-state index contributed by atoms with van der Waals surface area (Å²) in [5.41, 5.74) is 3.07. The molecule has 0 aliphatic heterocycles. The van der Waals surface area contributed by atoms with Crippen molar-refractivity contribution in [3.8, 4) is 11.1 Å². The summed E-state index contributed by atoms with van der Waals surface area (Å²) < 4.78 is 20.9. The molecule has 0 spiro atoms. The highest BCUT2D eigenvalue weighted by molar-refractivity contribution is 5.90. The fraction of sp³-hybridized carbons (Fsp3) is 0.606. The van der Waals surface area contributed by atoms with Gasteiger partial charge in [-0.25, -0.2) is 9.18 Å². The van der Waals surface area contributed by atoms with Crippen LogP contribution in [-0.4, -0.2) is 12.1 Å². The Hall–Kier alpha value is -2.16. The Morgan fingerprint density at radius 1 is 0.806 bits per heavy atom. The number of unbranched alkanes of at least 4 members (excludes halogenated alkanes) is 2. The number of carbonyl (C=O) groups excluding carboxylic acids is 1. The van der Waals surface area contributed by atoms with Gasteiger partial charge in [-0.1, -0.05) is 76.6 Å². The highest BCUT2D eigenvalue weighted by Crippen LogP contribution is 2.38. The lowest BCUT2D eigenvalue weighted by Crippen LogP contribution is -2.24. The normalized spacial score (nSPS) is 24.4. The van der Waals surface area contributed by atoms with Gasteiger partial charge in [0, 0.05) is 5.56 Å². The van der Waals surface area contributed by atoms with Crippen LogP contribution in [0.5, 0.6) is 0 Å². The second-order valence-electron chi connectivity index (χ2n) is 11.4. The first-order chi connectivity index (χ1) is 17.6. The topological polar surface area (TPSA) is 26.3 Å². The number of halogens is 1. The zero-order valence-electron chi connectivity index (χ0n) is 22.4. The minimum absolute atomic E-state index is 0.0293. The minimum Gasteiger partial charge on any atom is -0.459 e. The Bertz CT molecular complexity index is 950. The summed E-state index contributed by atoms with van der Waals surface area (Å²) in [6.45, 7) is 4.51. The van der Waals surface area contributed by atoms with Gasteiger partial charge in [0.05, 0.1) is 5.56 Å². The molecule has 0 saturated heterocycles. The van der Waals surface area contributed by atoms with Crippen LogP contribution in [0.4, 0.5) is 4.39 Å². The molecule has 2 aromatic rings. The highest BCUT2D eigenvalue weighted by Gasteiger charge is 2.25. The lowest BCUT2D eigenvalue weighted by Gasteiger charge is -2.28. The van der Waals surface area contributed by atoms with Gasteiger partial charge in [0.1, 0.15) is 11.9 Å². The number of hydrogen-bond acceptors (Lipinski definition) is 2. The highest BCUT2D eigenvalue weighted by atomic mass is 19.1. The molecule has 2 fully saturated rings. The fourth-order valence-corrected chi connectivity index (χ4v) is 6.44. The molecule has 3 heteroatoms. The van der Waals surface area contributed by atoms with E-state index in [1.165, 1.54) is 64.2 Å². The van der Waals surface area contributed by atoms with E-state index in [-0.39, 0.29) is 17.9 Å². The first-order valence-corrected chi connectivity index (χ1v) is 14.7. The van der Waals surface area contributed by atoms with E-state index in [4.69, 9.17) is 4.74 Å². The molecule has 2 saturated carbocycles. The van der Waals surface area contributed by atoms with Gasteiger partial charge >= 0.3 is 5.97 Å². The van der Waals surface area contributed by atoms with E-state index in [0.717, 1.165) is 48.6 Å². The second-order valence-corrected chi connectivity index (χ2v) is 11.4. The molecule has 0 bridgehead atoms. The molecule has 0 atom stereocenters. The first kappa shape index (κ1) is 26.9. The van der Waals surface area contributed by atoms with Crippen molar-refractivity contribution in [1.82, 2.24) is 0 Å². The van der Waals surface area contributed by atoms with Crippen molar-refractivity contribution in [3.05, 3.63) is 59.4 Å². The predicted octanol–water partition coefficient (Wildman–Crippen LogP) is 9.86. The Morgan fingerprint density at radius 3 is 2.11 bits per heavy atom. The van der Waals surface area contributed by atoms with Crippen LogP contribution < -0.4 is 0 Å². The van der Waals surface area contributed by atoms with E-state index >= 15 is 4.39 Å². The maximum Gasteiger partial charge on any atom is 0.338 e. The van der Waals surface area contributed by atoms with Crippen LogP contribution in [0.1, 0.15) is 126 Å². The third-order valence-electron chi connectivity index (χ3n) is 8.72. The van der Waals surface area contributed by atoms with Crippen LogP contribution in [0.2, 0.25) is 0 Å². The van der Waals surface area contributed by atoms with E-state index in [2.05, 4.69) is 19.9 Å². The lowest BCUT2D eigenvalue weighted by molar-refractivity contribution is 0.0161. The fourth-order valence-electron chi connectivity index (χ4n) is 6.44. The smallest absolute Gasteiger partial charge is 0.338 e. The van der Waals surface area contributed by atoms with Crippen LogP contribution in [0.25, 0.3) is 11.1 Å². The van der Waals surface area contributed by atoms with Crippen LogP contribution >= 0.6 is 0 Å². The Labute approximate surface area is 218 Å². The number of esters is 1. The molecule has 0 heterocycles. The van der Waals surface area contributed by atoms with Crippen molar-refractivity contribution in [3.63, 3.8) is 0 Å². The van der Waals surface area contributed by atoms with Gasteiger partial charge in [-0.15, -0.1) is 0 Å². The molecule has 196 valence electrons. The molecular formula is C33H45FO2. The Morgan fingerprint density at radius 2 is 1.47 bits per heavy atom. The van der Waals surface area contributed by atoms with Crippen LogP contribution in [0.3, 0.4) is 0 Å². The van der Waals surface area contributed by atoms with Crippen molar-refractivity contribution >= 4 is 5.97 Å². The summed E-state index contributed by atoms with van der Waals surface area (Å²) in [6.07, 6.45) is 17.0. The van der Waals surface area contributed by atoms with Crippen molar-refractivity contribution in [2.24, 2.45) is 11.8 Å². The molecule has 4 rings (SSSR count). The number of ether oxygens (including phenoxy) is 1. The summed E-state index contributed by atoms with van der Waals surface area (Å²) in [7, 11) is 0. The van der Waals surface area contributed by atoms with E-state index in [9.17, 15) is 4.79 Å². The number of rotatable bonds is 10. The molecule has 36 heavy (non-hydrogen) atoms. The number of benzene rings is 2. The van der Waals surface area contributed by atoms with E-state index in [0.29, 0.717) is 17.0 Å². The maximum atomic E-state index is 15.1. The number of carbonyl (C=O) groups is 1. The van der Waals surface area contributed by atoms with Gasteiger partial charge < -0.3 is 4.74 Å². The van der Waals surface area contributed by atoms with Crippen LogP contribution in [0.15, 0.2) is 42.5 Å². The van der Waals surface area contributed by atoms with Gasteiger partial charge in [0.2, 0.25) is 0 Å². The second kappa shape index (κ2) is 13.4. The Balaban J connectivity index is 1.29. The first-order valence-electron chi connectivity index (χ1n) is 14.7. The predicted molar refractivity (Wildman–Crippen MR) is 147 cm³/mol. The van der Waals surface area contributed by atoms with Crippen LogP contribution in [-0.2, 0) is 4.74 Å². The van der Waals surface area contributed by atoms with E-state index < -0.39 is 0 Å². The minimum atomic E-state index is -0.259. The van der Waals surface area contributed by atoms with Gasteiger partial charge in [0.15, 0.2) is 0 Å². The average molecular weight is 493 g/mol. The zero-order valence-corrected chi connectivity index (χ0v) is 22.4. The summed E-state index contributed by atoms with van der Waals surface area (Å²) >= 11 is 0. The average Bonchev–Trinajstić information content (AvgIpc) is 2.90. The molecule has 2 nitrogen and oxygen atoms in total. The molecule has 2 aromatic carbocycles. The summed E-state index contributed by atoms with van der Waals surface area (Å²) in [5, 5.41) is 0. The largest absolute Gasteiger partial charge is 0.459 e. The third kappa shape index (κ3) is 7.20. The van der Waals surface area contributed by atoms with Crippen LogP contribution in [0, 0.1) is 17.7 Å². The summed E-state index contributed by atoms with van der Waals surface area (Å²) in [4.78, 5) is 12.7. The number of hydrogen-bond donors (Lipinski definition) is 0. The van der Waals surface area contributed by atoms with Gasteiger partial charge in [-0.2, -0.15) is 0 Å². The summed E-state index contributed by atoms with van der Waals surface area (Å²) in [6, 6.07) is 13.0. The van der Waals surface area contributed by atoms with E-state index in [1.54, 1.807) is 18.2 Å². The molecule has 2 aliphatic carbocycles. The van der Waals surface area contributed by atoms with Crippen molar-refractivity contribution in [1.29, 1.82) is 0 Å². The standard InChI is InChI=1S/C33H45FO2/c1-3-5-6-8-25-11-20-30(21-12-25)36-33(35)28-17-15-27(16-18-28)31-22-19-29(23-32(31)34)26-13-9-24(7-4-2)10-14-26/h15-19,22-26,30H,3-14,20-21H2,1-2H3/t24-,25?,26-,30?. The summed E-state index contributed by atoms with van der Waals surface area (Å²) in [5.74, 6) is 1.69. The molecule has 2 aliphatic rings. The van der Waals surface area contributed by atoms with Gasteiger partial charge in [-0.05, 0) is 98.4 Å². The maximum absolute atomic E-state index is 15.1. The van der Waals surface area contributed by atoms with Gasteiger partial charge in [0.25, 0.3) is 0 Å². The molecule has 0 N–H and O–H groups in total. The zero-order chi connectivity index (χ0) is 25.3. The van der Waals surface area contributed by atoms with Crippen molar-refractivity contribution in [2.75, 3.05) is 0 Å². The molecule has 0 radical (unpaired) electrons. The quantitative estimate of drug-likeness (QED) is 0.244. The van der Waals surface area contributed by atoms with Crippen molar-refractivity contribution in [2.45, 2.75) is 116 Å².